The van der Waals surface area contributed by atoms with Crippen LogP contribution in [0.25, 0.3) is 0 Å². The van der Waals surface area contributed by atoms with Gasteiger partial charge in [-0.15, -0.1) is 11.8 Å². The Kier molecular flexibility index (Phi) is 6.72. The molecule has 0 fully saturated rings. The number of fused-ring (bicyclic) bond motifs is 1. The molecule has 0 aromatic heterocycles. The molecule has 2 amide bonds. The molecule has 1 heterocycles. The Labute approximate surface area is 180 Å². The summed E-state index contributed by atoms with van der Waals surface area (Å²) in [4.78, 5) is 25.2. The number of ether oxygens (including phenoxy) is 1. The Morgan fingerprint density at radius 1 is 1.27 bits per heavy atom. The topological polar surface area (TPSA) is 102 Å². The zero-order valence-electron chi connectivity index (χ0n) is 17.0. The molecule has 0 bridgehead atoms. The molecule has 0 saturated carbocycles. The third-order valence-corrected chi connectivity index (χ3v) is 7.98. The van der Waals surface area contributed by atoms with Crippen LogP contribution in [-0.2, 0) is 19.4 Å². The first-order chi connectivity index (χ1) is 14.2. The van der Waals surface area contributed by atoms with Crippen molar-refractivity contribution in [3.05, 3.63) is 42.0 Å². The van der Waals surface area contributed by atoms with Crippen LogP contribution < -0.4 is 15.4 Å². The molecule has 2 N–H and O–H groups in total. The molecule has 1 aliphatic rings. The molecule has 2 aromatic rings. The number of hydrogen-bond donors (Lipinski definition) is 2. The van der Waals surface area contributed by atoms with Crippen LogP contribution in [0.2, 0.25) is 0 Å². The first-order valence-electron chi connectivity index (χ1n) is 9.46. The second kappa shape index (κ2) is 9.09. The Balaban J connectivity index is 1.76. The van der Waals surface area contributed by atoms with E-state index in [1.165, 1.54) is 37.9 Å². The van der Waals surface area contributed by atoms with Crippen molar-refractivity contribution in [2.75, 3.05) is 23.5 Å². The lowest BCUT2D eigenvalue weighted by molar-refractivity contribution is -0.116. The number of carbonyl (C=O) groups excluding carboxylic acids is 2. The van der Waals surface area contributed by atoms with Crippen LogP contribution in [0.4, 0.5) is 11.4 Å². The summed E-state index contributed by atoms with van der Waals surface area (Å²) in [6, 6.07) is 10.1. The van der Waals surface area contributed by atoms with E-state index in [-0.39, 0.29) is 17.2 Å². The van der Waals surface area contributed by atoms with Gasteiger partial charge in [-0.1, -0.05) is 6.07 Å². The van der Waals surface area contributed by atoms with Gasteiger partial charge < -0.3 is 15.4 Å². The van der Waals surface area contributed by atoms with E-state index in [0.29, 0.717) is 29.3 Å². The molecule has 1 aliphatic heterocycles. The van der Waals surface area contributed by atoms with E-state index < -0.39 is 21.0 Å². The molecule has 2 aromatic carbocycles. The average Bonchev–Trinajstić information content (AvgIpc) is 2.87. The minimum absolute atomic E-state index is 0.0810. The van der Waals surface area contributed by atoms with Crippen LogP contribution in [0.5, 0.6) is 5.75 Å². The van der Waals surface area contributed by atoms with E-state index in [9.17, 15) is 18.0 Å². The number of amides is 2. The molecule has 0 spiro atoms. The molecule has 30 heavy (non-hydrogen) atoms. The van der Waals surface area contributed by atoms with Gasteiger partial charge in [0, 0.05) is 23.5 Å². The van der Waals surface area contributed by atoms with Gasteiger partial charge in [0.2, 0.25) is 11.8 Å². The fourth-order valence-corrected chi connectivity index (χ4v) is 5.41. The number of rotatable bonds is 6. The maximum Gasteiger partial charge on any atom is 0.225 e. The van der Waals surface area contributed by atoms with Crippen LogP contribution in [0.1, 0.15) is 25.3 Å². The number of methoxy groups -OCH3 is 1. The fourth-order valence-electron chi connectivity index (χ4n) is 3.10. The summed E-state index contributed by atoms with van der Waals surface area (Å²) in [6.07, 6.45) is 0.165. The van der Waals surface area contributed by atoms with E-state index in [1.54, 1.807) is 18.2 Å². The highest BCUT2D eigenvalue weighted by atomic mass is 32.2. The number of anilines is 2. The normalized spacial score (nSPS) is 14.8. The number of hydrogen-bond acceptors (Lipinski definition) is 6. The van der Waals surface area contributed by atoms with Crippen molar-refractivity contribution >= 4 is 44.8 Å². The molecular formula is C21H24N2O5S2. The van der Waals surface area contributed by atoms with Gasteiger partial charge in [-0.25, -0.2) is 8.42 Å². The number of carbonyl (C=O) groups is 2. The zero-order chi connectivity index (χ0) is 21.9. The summed E-state index contributed by atoms with van der Waals surface area (Å²) in [7, 11) is -2.26. The molecule has 9 heteroatoms. The molecule has 7 nitrogen and oxygen atoms in total. The molecule has 160 valence electrons. The minimum atomic E-state index is -3.77. The quantitative estimate of drug-likeness (QED) is 0.700. The van der Waals surface area contributed by atoms with Gasteiger partial charge >= 0.3 is 0 Å². The van der Waals surface area contributed by atoms with Gasteiger partial charge in [-0.2, -0.15) is 0 Å². The highest BCUT2D eigenvalue weighted by Crippen LogP contribution is 2.34. The van der Waals surface area contributed by atoms with Crippen molar-refractivity contribution < 1.29 is 22.7 Å². The first kappa shape index (κ1) is 22.2. The number of sulfone groups is 1. The van der Waals surface area contributed by atoms with Gasteiger partial charge in [0.15, 0.2) is 9.84 Å². The van der Waals surface area contributed by atoms with Gasteiger partial charge in [0.25, 0.3) is 0 Å². The van der Waals surface area contributed by atoms with E-state index in [0.717, 1.165) is 10.5 Å². The predicted molar refractivity (Wildman–Crippen MR) is 118 cm³/mol. The average molecular weight is 449 g/mol. The van der Waals surface area contributed by atoms with Crippen LogP contribution in [0.3, 0.4) is 0 Å². The van der Waals surface area contributed by atoms with Gasteiger partial charge in [-0.3, -0.25) is 9.59 Å². The Morgan fingerprint density at radius 3 is 2.77 bits per heavy atom. The maximum atomic E-state index is 13.0. The van der Waals surface area contributed by atoms with Crippen molar-refractivity contribution in [1.82, 2.24) is 0 Å². The summed E-state index contributed by atoms with van der Waals surface area (Å²) in [5, 5.41) is 4.54. The van der Waals surface area contributed by atoms with Crippen molar-refractivity contribution in [1.29, 1.82) is 0 Å². The van der Waals surface area contributed by atoms with E-state index >= 15 is 0 Å². The number of nitrogens with one attached hydrogen (secondary N) is 2. The van der Waals surface area contributed by atoms with Crippen molar-refractivity contribution in [2.45, 2.75) is 41.7 Å². The Morgan fingerprint density at radius 2 is 2.03 bits per heavy atom. The largest absolute Gasteiger partial charge is 0.495 e. The van der Waals surface area contributed by atoms with E-state index in [4.69, 9.17) is 4.74 Å². The lowest BCUT2D eigenvalue weighted by atomic mass is 10.2. The third kappa shape index (κ3) is 4.96. The smallest absolute Gasteiger partial charge is 0.225 e. The zero-order valence-corrected chi connectivity index (χ0v) is 18.7. The predicted octanol–water partition coefficient (Wildman–Crippen LogP) is 3.63. The lowest BCUT2D eigenvalue weighted by Gasteiger charge is -2.16. The Hall–Kier alpha value is -2.52. The summed E-state index contributed by atoms with van der Waals surface area (Å²) < 4.78 is 31.3. The highest BCUT2D eigenvalue weighted by molar-refractivity contribution is 7.99. The fraction of sp³-hybridized carbons (Fsp3) is 0.333. The molecule has 3 rings (SSSR count). The van der Waals surface area contributed by atoms with E-state index in [1.807, 2.05) is 13.0 Å². The van der Waals surface area contributed by atoms with Gasteiger partial charge in [0.05, 0.1) is 28.6 Å². The van der Waals surface area contributed by atoms with Crippen molar-refractivity contribution in [3.8, 4) is 5.75 Å². The van der Waals surface area contributed by atoms with Gasteiger partial charge in [-0.05, 0) is 49.7 Å². The molecule has 0 radical (unpaired) electrons. The molecule has 1 unspecified atom stereocenters. The monoisotopic (exact) mass is 448 g/mol. The first-order valence-corrected chi connectivity index (χ1v) is 12.0. The van der Waals surface area contributed by atoms with Crippen LogP contribution in [0, 0.1) is 6.92 Å². The van der Waals surface area contributed by atoms with Crippen molar-refractivity contribution in [3.63, 3.8) is 0 Å². The Bertz CT molecular complexity index is 1080. The number of aryl methyl sites for hydroxylation is 1. The summed E-state index contributed by atoms with van der Waals surface area (Å²) >= 11 is 1.50. The maximum absolute atomic E-state index is 13.0. The second-order valence-corrected chi connectivity index (χ2v) is 10.6. The number of benzene rings is 2. The summed E-state index contributed by atoms with van der Waals surface area (Å²) in [6.45, 7) is 3.39. The van der Waals surface area contributed by atoms with E-state index in [2.05, 4.69) is 10.6 Å². The van der Waals surface area contributed by atoms with Gasteiger partial charge in [0.1, 0.15) is 5.75 Å². The van der Waals surface area contributed by atoms with Crippen molar-refractivity contribution in [2.24, 2.45) is 0 Å². The molecule has 0 saturated heterocycles. The van der Waals surface area contributed by atoms with Crippen LogP contribution in [0.15, 0.2) is 46.2 Å². The SMILES string of the molecule is COc1ccc(C)cc1NC(=O)CC(C)S(=O)(=O)c1ccc2c(c1)NC(=O)CCS2. The third-order valence-electron chi connectivity index (χ3n) is 4.77. The molecular weight excluding hydrogens is 424 g/mol. The summed E-state index contributed by atoms with van der Waals surface area (Å²) in [5.41, 5.74) is 1.93. The lowest BCUT2D eigenvalue weighted by Crippen LogP contribution is -2.25. The standard InChI is InChI=1S/C21H24N2O5S2/c1-13-4-6-18(28-3)16(10-13)22-21(25)11-14(2)30(26,27)15-5-7-19-17(12-15)23-20(24)8-9-29-19/h4-7,10,12,14H,8-9,11H2,1-3H3,(H,22,25)(H,23,24). The van der Waals surface area contributed by atoms with Crippen LogP contribution >= 0.6 is 11.8 Å². The highest BCUT2D eigenvalue weighted by Gasteiger charge is 2.27. The second-order valence-electron chi connectivity index (χ2n) is 7.12. The van der Waals surface area contributed by atoms with Crippen LogP contribution in [-0.4, -0.2) is 38.3 Å². The minimum Gasteiger partial charge on any atom is -0.495 e. The molecule has 0 aliphatic carbocycles. The molecule has 1 atom stereocenters. The number of thioether (sulfide) groups is 1. The summed E-state index contributed by atoms with van der Waals surface area (Å²) in [5.74, 6) is 0.580.